The van der Waals surface area contributed by atoms with Crippen LogP contribution in [0.25, 0.3) is 0 Å². The highest BCUT2D eigenvalue weighted by Crippen LogP contribution is 2.23. The maximum Gasteiger partial charge on any atom is 0.239 e. The van der Waals surface area contributed by atoms with Gasteiger partial charge in [0.2, 0.25) is 5.91 Å². The van der Waals surface area contributed by atoms with Gasteiger partial charge in [0.25, 0.3) is 0 Å². The molecule has 132 valence electrons. The number of carbonyl (C=O) groups excluding carboxylic acids is 1. The largest absolute Gasteiger partial charge is 0.369 e. The molecule has 1 aliphatic rings. The van der Waals surface area contributed by atoms with E-state index < -0.39 is 0 Å². The number of anilines is 2. The number of amides is 1. The van der Waals surface area contributed by atoms with Crippen LogP contribution in [0.4, 0.5) is 11.5 Å². The van der Waals surface area contributed by atoms with Crippen LogP contribution < -0.4 is 10.2 Å². The second-order valence-corrected chi connectivity index (χ2v) is 6.93. The second kappa shape index (κ2) is 8.04. The average Bonchev–Trinajstić information content (AvgIpc) is 2.59. The summed E-state index contributed by atoms with van der Waals surface area (Å²) >= 11 is 11.8. The molecule has 0 unspecified atom stereocenters. The van der Waals surface area contributed by atoms with Crippen LogP contribution in [0, 0.1) is 6.92 Å². The summed E-state index contributed by atoms with van der Waals surface area (Å²) < 4.78 is 0. The first-order valence-electron chi connectivity index (χ1n) is 8.17. The first-order valence-corrected chi connectivity index (χ1v) is 8.92. The number of hydrogen-bond acceptors (Lipinski definition) is 4. The molecular weight excluding hydrogens is 359 g/mol. The van der Waals surface area contributed by atoms with E-state index in [0.717, 1.165) is 26.2 Å². The third-order valence-corrected chi connectivity index (χ3v) is 4.76. The van der Waals surface area contributed by atoms with E-state index in [1.165, 1.54) is 17.4 Å². The van der Waals surface area contributed by atoms with Crippen molar-refractivity contribution in [2.45, 2.75) is 6.92 Å². The number of para-hydroxylation sites is 1. The van der Waals surface area contributed by atoms with Crippen molar-refractivity contribution in [3.05, 3.63) is 52.1 Å². The van der Waals surface area contributed by atoms with Gasteiger partial charge in [-0.25, -0.2) is 4.98 Å². The fraction of sp³-hybridized carbons (Fsp3) is 0.333. The molecule has 0 aliphatic carbocycles. The number of pyridine rings is 1. The number of hydrogen-bond donors (Lipinski definition) is 1. The molecule has 1 aromatic heterocycles. The molecule has 0 radical (unpaired) electrons. The molecule has 1 amide bonds. The number of rotatable bonds is 4. The van der Waals surface area contributed by atoms with Crippen LogP contribution in [0.5, 0.6) is 0 Å². The van der Waals surface area contributed by atoms with Gasteiger partial charge in [0.1, 0.15) is 0 Å². The van der Waals surface area contributed by atoms with Gasteiger partial charge < -0.3 is 10.2 Å². The van der Waals surface area contributed by atoms with Gasteiger partial charge in [-0.3, -0.25) is 9.69 Å². The molecule has 1 saturated heterocycles. The summed E-state index contributed by atoms with van der Waals surface area (Å²) in [5.74, 6) is 0.218. The summed E-state index contributed by atoms with van der Waals surface area (Å²) in [6, 6.07) is 9.94. The van der Waals surface area contributed by atoms with Gasteiger partial charge >= 0.3 is 0 Å². The Morgan fingerprint density at radius 2 is 1.92 bits per heavy atom. The maximum absolute atomic E-state index is 12.2. The lowest BCUT2D eigenvalue weighted by atomic mass is 10.1. The molecule has 2 aromatic rings. The lowest BCUT2D eigenvalue weighted by Gasteiger charge is -2.36. The van der Waals surface area contributed by atoms with E-state index in [2.05, 4.69) is 51.3 Å². The molecule has 1 aromatic carbocycles. The number of halogens is 2. The highest BCUT2D eigenvalue weighted by Gasteiger charge is 2.20. The van der Waals surface area contributed by atoms with E-state index in [1.807, 2.05) is 0 Å². The molecule has 0 atom stereocenters. The zero-order valence-corrected chi connectivity index (χ0v) is 15.5. The Balaban J connectivity index is 1.52. The minimum Gasteiger partial charge on any atom is -0.369 e. The number of nitrogens with zero attached hydrogens (tertiary/aromatic N) is 3. The highest BCUT2D eigenvalue weighted by molar-refractivity contribution is 6.36. The Labute approximate surface area is 157 Å². The summed E-state index contributed by atoms with van der Waals surface area (Å²) in [7, 11) is 0. The molecular formula is C18H20Cl2N4O. The van der Waals surface area contributed by atoms with E-state index >= 15 is 0 Å². The lowest BCUT2D eigenvalue weighted by molar-refractivity contribution is -0.117. The van der Waals surface area contributed by atoms with Gasteiger partial charge in [0.05, 0.1) is 16.6 Å². The molecule has 0 bridgehead atoms. The molecule has 0 spiro atoms. The molecule has 5 nitrogen and oxygen atoms in total. The standard InChI is InChI=1S/C18H20Cl2N4O/c1-13-4-2-3-5-16(13)24-8-6-23(7-9-24)12-17(25)22-18-15(20)10-14(19)11-21-18/h2-5,10-11H,6-9,12H2,1H3,(H,21,22,25). The fourth-order valence-corrected chi connectivity index (χ4v) is 3.37. The van der Waals surface area contributed by atoms with Crippen molar-refractivity contribution in [3.8, 4) is 0 Å². The molecule has 0 saturated carbocycles. The normalized spacial score (nSPS) is 15.2. The predicted octanol–water partition coefficient (Wildman–Crippen LogP) is 3.46. The third kappa shape index (κ3) is 4.63. The zero-order valence-electron chi connectivity index (χ0n) is 14.0. The summed E-state index contributed by atoms with van der Waals surface area (Å²) in [4.78, 5) is 20.8. The van der Waals surface area contributed by atoms with Crippen LogP contribution in [0.15, 0.2) is 36.5 Å². The minimum atomic E-state index is -0.124. The highest BCUT2D eigenvalue weighted by atomic mass is 35.5. The SMILES string of the molecule is Cc1ccccc1N1CCN(CC(=O)Nc2ncc(Cl)cc2Cl)CC1. The molecule has 2 heterocycles. The van der Waals surface area contributed by atoms with E-state index in [1.54, 1.807) is 6.07 Å². The zero-order chi connectivity index (χ0) is 17.8. The number of piperazine rings is 1. The van der Waals surface area contributed by atoms with Crippen molar-refractivity contribution < 1.29 is 4.79 Å². The predicted molar refractivity (Wildman–Crippen MR) is 103 cm³/mol. The fourth-order valence-electron chi connectivity index (χ4n) is 2.95. The Kier molecular flexibility index (Phi) is 5.78. The smallest absolute Gasteiger partial charge is 0.239 e. The van der Waals surface area contributed by atoms with E-state index in [9.17, 15) is 4.79 Å². The molecule has 1 fully saturated rings. The van der Waals surface area contributed by atoms with Crippen LogP contribution in [0.2, 0.25) is 10.0 Å². The van der Waals surface area contributed by atoms with Gasteiger partial charge in [-0.05, 0) is 24.6 Å². The quantitative estimate of drug-likeness (QED) is 0.884. The van der Waals surface area contributed by atoms with Crippen LogP contribution >= 0.6 is 23.2 Å². The van der Waals surface area contributed by atoms with Crippen LogP contribution in [-0.4, -0.2) is 48.5 Å². The number of nitrogens with one attached hydrogen (secondary N) is 1. The molecule has 1 N–H and O–H groups in total. The molecule has 1 aliphatic heterocycles. The number of aryl methyl sites for hydroxylation is 1. The average molecular weight is 379 g/mol. The second-order valence-electron chi connectivity index (χ2n) is 6.08. The Morgan fingerprint density at radius 3 is 2.60 bits per heavy atom. The van der Waals surface area contributed by atoms with Gasteiger partial charge in [-0.15, -0.1) is 0 Å². The number of aromatic nitrogens is 1. The van der Waals surface area contributed by atoms with Crippen molar-refractivity contribution in [2.75, 3.05) is 42.9 Å². The number of carbonyl (C=O) groups is 1. The summed E-state index contributed by atoms with van der Waals surface area (Å²) in [5, 5.41) is 3.52. The monoisotopic (exact) mass is 378 g/mol. The van der Waals surface area contributed by atoms with E-state index in [0.29, 0.717) is 22.4 Å². The van der Waals surface area contributed by atoms with Crippen molar-refractivity contribution in [3.63, 3.8) is 0 Å². The molecule has 3 rings (SSSR count). The van der Waals surface area contributed by atoms with Crippen molar-refractivity contribution in [2.24, 2.45) is 0 Å². The van der Waals surface area contributed by atoms with Crippen molar-refractivity contribution in [1.29, 1.82) is 0 Å². The minimum absolute atomic E-state index is 0.124. The van der Waals surface area contributed by atoms with Gasteiger partial charge in [0.15, 0.2) is 5.82 Å². The first-order chi connectivity index (χ1) is 12.0. The topological polar surface area (TPSA) is 48.5 Å². The Morgan fingerprint density at radius 1 is 1.20 bits per heavy atom. The molecule has 25 heavy (non-hydrogen) atoms. The molecule has 7 heteroatoms. The van der Waals surface area contributed by atoms with Gasteiger partial charge in [-0.1, -0.05) is 41.4 Å². The lowest BCUT2D eigenvalue weighted by Crippen LogP contribution is -2.48. The summed E-state index contributed by atoms with van der Waals surface area (Å²) in [6.07, 6.45) is 1.46. The number of benzene rings is 1. The van der Waals surface area contributed by atoms with E-state index in [4.69, 9.17) is 23.2 Å². The van der Waals surface area contributed by atoms with Crippen LogP contribution in [0.1, 0.15) is 5.56 Å². The van der Waals surface area contributed by atoms with Gasteiger partial charge in [-0.2, -0.15) is 0 Å². The first kappa shape index (κ1) is 18.0. The third-order valence-electron chi connectivity index (χ3n) is 4.26. The van der Waals surface area contributed by atoms with E-state index in [-0.39, 0.29) is 5.91 Å². The van der Waals surface area contributed by atoms with Gasteiger partial charge in [0, 0.05) is 38.1 Å². The van der Waals surface area contributed by atoms with Crippen LogP contribution in [-0.2, 0) is 4.79 Å². The van der Waals surface area contributed by atoms with Crippen molar-refractivity contribution in [1.82, 2.24) is 9.88 Å². The summed E-state index contributed by atoms with van der Waals surface area (Å²) in [6.45, 7) is 5.92. The Hall–Kier alpha value is -1.82. The summed E-state index contributed by atoms with van der Waals surface area (Å²) in [5.41, 5.74) is 2.54. The Bertz CT molecular complexity index is 760. The van der Waals surface area contributed by atoms with Crippen molar-refractivity contribution >= 4 is 40.6 Å². The van der Waals surface area contributed by atoms with Crippen LogP contribution in [0.3, 0.4) is 0 Å². The maximum atomic E-state index is 12.2.